The highest BCUT2D eigenvalue weighted by atomic mass is 19.1. The zero-order valence-corrected chi connectivity index (χ0v) is 13.6. The van der Waals surface area contributed by atoms with Gasteiger partial charge in [0.25, 0.3) is 0 Å². The van der Waals surface area contributed by atoms with Gasteiger partial charge in [0.2, 0.25) is 11.9 Å². The summed E-state index contributed by atoms with van der Waals surface area (Å²) in [5, 5.41) is 14.7. The Morgan fingerprint density at radius 3 is 3.04 bits per heavy atom. The molecule has 1 aromatic rings. The number of rotatable bonds is 7. The van der Waals surface area contributed by atoms with Gasteiger partial charge in [0.05, 0.1) is 22.0 Å². The van der Waals surface area contributed by atoms with Crippen molar-refractivity contribution in [3.8, 4) is 0 Å². The number of nitrogens with one attached hydrogen (secondary N) is 2. The van der Waals surface area contributed by atoms with E-state index < -0.39 is 11.9 Å². The van der Waals surface area contributed by atoms with Gasteiger partial charge in [-0.15, -0.1) is 0 Å². The lowest BCUT2D eigenvalue weighted by Gasteiger charge is -2.04. The van der Waals surface area contributed by atoms with Crippen LogP contribution in [0, 0.1) is 0 Å². The predicted octanol–water partition coefficient (Wildman–Crippen LogP) is -0.401. The summed E-state index contributed by atoms with van der Waals surface area (Å²) in [5.74, 6) is -1.16. The average Bonchev–Trinajstić information content (AvgIpc) is 2.94. The van der Waals surface area contributed by atoms with E-state index in [-0.39, 0.29) is 23.6 Å². The monoisotopic (exact) mass is 334 g/mol. The SMILES string of the molecule is C=c1nc2c(c/c1=C(/F)NC(=O)CCCN)CN/C2=C\CCCO. The molecule has 1 aromatic heterocycles. The molecule has 5 N–H and O–H groups in total. The van der Waals surface area contributed by atoms with Gasteiger partial charge in [-0.05, 0) is 37.4 Å². The van der Waals surface area contributed by atoms with Crippen LogP contribution in [-0.4, -0.2) is 29.1 Å². The highest BCUT2D eigenvalue weighted by Gasteiger charge is 2.18. The summed E-state index contributed by atoms with van der Waals surface area (Å²) in [6.07, 6.45) is 4.04. The van der Waals surface area contributed by atoms with E-state index in [0.717, 1.165) is 23.4 Å². The number of aliphatic hydroxyl groups excluding tert-OH is 1. The Morgan fingerprint density at radius 2 is 2.33 bits per heavy atom. The molecule has 0 fully saturated rings. The minimum atomic E-state index is -0.741. The number of carbonyl (C=O) groups is 1. The van der Waals surface area contributed by atoms with E-state index in [4.69, 9.17) is 10.8 Å². The highest BCUT2D eigenvalue weighted by Crippen LogP contribution is 2.20. The van der Waals surface area contributed by atoms with Crippen LogP contribution in [-0.2, 0) is 11.3 Å². The van der Waals surface area contributed by atoms with Crippen LogP contribution < -0.4 is 26.9 Å². The van der Waals surface area contributed by atoms with Crippen LogP contribution in [0.25, 0.3) is 18.2 Å². The molecule has 0 spiro atoms. The maximum absolute atomic E-state index is 14.3. The first-order chi connectivity index (χ1) is 11.6. The summed E-state index contributed by atoms with van der Waals surface area (Å²) in [6, 6.07) is 1.66. The van der Waals surface area contributed by atoms with Crippen molar-refractivity contribution in [1.29, 1.82) is 0 Å². The van der Waals surface area contributed by atoms with Gasteiger partial charge in [-0.1, -0.05) is 12.7 Å². The smallest absolute Gasteiger partial charge is 0.226 e. The van der Waals surface area contributed by atoms with Crippen molar-refractivity contribution in [2.24, 2.45) is 5.73 Å². The third-order valence-corrected chi connectivity index (χ3v) is 3.71. The van der Waals surface area contributed by atoms with Crippen molar-refractivity contribution in [3.05, 3.63) is 34.0 Å². The number of halogens is 1. The number of nitrogens with zero attached hydrogens (tertiary/aromatic N) is 1. The fraction of sp³-hybridized carbons (Fsp3) is 0.412. The van der Waals surface area contributed by atoms with Crippen molar-refractivity contribution in [1.82, 2.24) is 15.6 Å². The first-order valence-corrected chi connectivity index (χ1v) is 8.00. The van der Waals surface area contributed by atoms with Crippen molar-refractivity contribution in [3.63, 3.8) is 0 Å². The van der Waals surface area contributed by atoms with Crippen LogP contribution in [0.15, 0.2) is 12.1 Å². The number of hydrogen-bond donors (Lipinski definition) is 4. The number of fused-ring (bicyclic) bond motifs is 1. The van der Waals surface area contributed by atoms with Crippen LogP contribution in [0.3, 0.4) is 0 Å². The summed E-state index contributed by atoms with van der Waals surface area (Å²) in [5.41, 5.74) is 7.78. The van der Waals surface area contributed by atoms with E-state index in [1.54, 1.807) is 6.07 Å². The molecule has 1 aliphatic rings. The Morgan fingerprint density at radius 1 is 1.54 bits per heavy atom. The molecule has 0 saturated heterocycles. The molecule has 0 radical (unpaired) electrons. The average molecular weight is 334 g/mol. The van der Waals surface area contributed by atoms with Crippen LogP contribution in [0.1, 0.15) is 36.9 Å². The second-order valence-electron chi connectivity index (χ2n) is 5.58. The Labute approximate surface area is 140 Å². The first-order valence-electron chi connectivity index (χ1n) is 8.00. The molecule has 0 bridgehead atoms. The van der Waals surface area contributed by atoms with E-state index in [1.165, 1.54) is 0 Å². The number of nitrogens with two attached hydrogens (primary N) is 1. The topological polar surface area (TPSA) is 100 Å². The van der Waals surface area contributed by atoms with Gasteiger partial charge >= 0.3 is 0 Å². The summed E-state index contributed by atoms with van der Waals surface area (Å²) < 4.78 is 14.3. The van der Waals surface area contributed by atoms with Crippen molar-refractivity contribution >= 4 is 24.1 Å². The quantitative estimate of drug-likeness (QED) is 0.402. The molecule has 2 rings (SSSR count). The number of aromatic nitrogens is 1. The van der Waals surface area contributed by atoms with Gasteiger partial charge < -0.3 is 21.5 Å². The number of allylic oxidation sites excluding steroid dienone is 1. The standard InChI is InChI=1S/C17H23FN4O2/c1-11-13(17(18)22-15(24)6-4-7-19)9-12-10-20-14(16(12)21-11)5-2-3-8-23/h5,9,20,23H,1-4,6-8,10,19H2,(H,22,24)/b14-5-,17-13+. The Balaban J connectivity index is 2.26. The van der Waals surface area contributed by atoms with Gasteiger partial charge in [0.1, 0.15) is 0 Å². The number of unbranched alkanes of at least 4 members (excludes halogenated alkanes) is 1. The van der Waals surface area contributed by atoms with E-state index in [1.807, 2.05) is 6.08 Å². The molecular formula is C17H23FN4O2. The molecule has 130 valence electrons. The van der Waals surface area contributed by atoms with Gasteiger partial charge in [0.15, 0.2) is 0 Å². The van der Waals surface area contributed by atoms with Crippen molar-refractivity contribution < 1.29 is 14.3 Å². The molecular weight excluding hydrogens is 311 g/mol. The second kappa shape index (κ2) is 8.56. The summed E-state index contributed by atoms with van der Waals surface area (Å²) in [4.78, 5) is 16.0. The normalized spacial score (nSPS) is 15.9. The molecule has 2 heterocycles. The van der Waals surface area contributed by atoms with Crippen LogP contribution in [0.2, 0.25) is 0 Å². The largest absolute Gasteiger partial charge is 0.396 e. The number of hydrogen-bond acceptors (Lipinski definition) is 5. The summed E-state index contributed by atoms with van der Waals surface area (Å²) >= 11 is 0. The molecule has 1 aliphatic heterocycles. The van der Waals surface area contributed by atoms with Gasteiger partial charge in [-0.2, -0.15) is 4.39 Å². The number of pyridine rings is 1. The number of amides is 1. The van der Waals surface area contributed by atoms with Gasteiger partial charge in [0, 0.05) is 19.6 Å². The molecule has 1 amide bonds. The fourth-order valence-corrected chi connectivity index (χ4v) is 2.45. The first kappa shape index (κ1) is 18.1. The zero-order chi connectivity index (χ0) is 17.5. The Kier molecular flexibility index (Phi) is 6.45. The molecule has 0 aromatic carbocycles. The van der Waals surface area contributed by atoms with E-state index in [0.29, 0.717) is 25.9 Å². The predicted molar refractivity (Wildman–Crippen MR) is 91.1 cm³/mol. The van der Waals surface area contributed by atoms with E-state index >= 15 is 0 Å². The van der Waals surface area contributed by atoms with E-state index in [9.17, 15) is 9.18 Å². The lowest BCUT2D eigenvalue weighted by atomic mass is 10.1. The number of aliphatic hydroxyl groups is 1. The minimum Gasteiger partial charge on any atom is -0.396 e. The molecule has 0 saturated carbocycles. The van der Waals surface area contributed by atoms with Crippen molar-refractivity contribution in [2.75, 3.05) is 13.2 Å². The Hall–Kier alpha value is -2.25. The van der Waals surface area contributed by atoms with Crippen LogP contribution in [0.5, 0.6) is 0 Å². The number of carbonyl (C=O) groups excluding carboxylic acids is 1. The van der Waals surface area contributed by atoms with E-state index in [2.05, 4.69) is 22.2 Å². The zero-order valence-electron chi connectivity index (χ0n) is 13.6. The molecule has 7 heteroatoms. The molecule has 0 aliphatic carbocycles. The van der Waals surface area contributed by atoms with Gasteiger partial charge in [-0.3, -0.25) is 4.79 Å². The van der Waals surface area contributed by atoms with Gasteiger partial charge in [-0.25, -0.2) is 4.98 Å². The minimum absolute atomic E-state index is 0.133. The summed E-state index contributed by atoms with van der Waals surface area (Å²) in [7, 11) is 0. The Bertz CT molecular complexity index is 746. The lowest BCUT2D eigenvalue weighted by Crippen LogP contribution is -2.35. The molecule has 24 heavy (non-hydrogen) atoms. The maximum Gasteiger partial charge on any atom is 0.226 e. The molecule has 6 nitrogen and oxygen atoms in total. The molecule has 0 atom stereocenters. The van der Waals surface area contributed by atoms with Crippen molar-refractivity contribution in [2.45, 2.75) is 32.2 Å². The third kappa shape index (κ3) is 4.39. The maximum atomic E-state index is 14.3. The van der Waals surface area contributed by atoms with Crippen LogP contribution >= 0.6 is 0 Å². The second-order valence-corrected chi connectivity index (χ2v) is 5.58. The molecule has 0 unspecified atom stereocenters. The highest BCUT2D eigenvalue weighted by molar-refractivity contribution is 5.81. The summed E-state index contributed by atoms with van der Waals surface area (Å²) in [6.45, 7) is 4.83. The fourth-order valence-electron chi connectivity index (χ4n) is 2.45. The van der Waals surface area contributed by atoms with Crippen LogP contribution in [0.4, 0.5) is 4.39 Å². The third-order valence-electron chi connectivity index (χ3n) is 3.71. The lowest BCUT2D eigenvalue weighted by molar-refractivity contribution is -0.120.